The van der Waals surface area contributed by atoms with Gasteiger partial charge in [-0.15, -0.1) is 11.3 Å². The molecule has 0 bridgehead atoms. The molecule has 11 heteroatoms. The number of nitrogens with one attached hydrogen (secondary N) is 1. The zero-order valence-corrected chi connectivity index (χ0v) is 21.8. The highest BCUT2D eigenvalue weighted by atomic mass is 32.1. The van der Waals surface area contributed by atoms with Gasteiger partial charge in [-0.3, -0.25) is 9.69 Å². The molecule has 0 spiro atoms. The summed E-state index contributed by atoms with van der Waals surface area (Å²) < 4.78 is 45.6. The van der Waals surface area contributed by atoms with Crippen LogP contribution in [0.5, 0.6) is 0 Å². The van der Waals surface area contributed by atoms with Gasteiger partial charge >= 0.3 is 12.1 Å². The van der Waals surface area contributed by atoms with Crippen LogP contribution in [0.3, 0.4) is 0 Å². The zero-order chi connectivity index (χ0) is 27.9. The molecule has 1 aliphatic heterocycles. The number of anilines is 1. The summed E-state index contributed by atoms with van der Waals surface area (Å²) in [6.07, 6.45) is -3.32. The van der Waals surface area contributed by atoms with Crippen LogP contribution < -0.4 is 10.2 Å². The van der Waals surface area contributed by atoms with Gasteiger partial charge in [-0.1, -0.05) is 30.3 Å². The van der Waals surface area contributed by atoms with E-state index in [4.69, 9.17) is 9.90 Å². The molecule has 6 nitrogen and oxygen atoms in total. The number of alkyl halides is 3. The number of nitrogens with zero attached hydrogens (tertiary/aromatic N) is 2. The molecule has 2 heterocycles. The fourth-order valence-corrected chi connectivity index (χ4v) is 4.81. The minimum atomic E-state index is -5.08. The van der Waals surface area contributed by atoms with Crippen LogP contribution in [0.15, 0.2) is 60.7 Å². The van der Waals surface area contributed by atoms with E-state index in [-0.39, 0.29) is 17.8 Å². The first-order valence-electron chi connectivity index (χ1n) is 11.9. The third-order valence-corrected chi connectivity index (χ3v) is 7.15. The van der Waals surface area contributed by atoms with E-state index in [1.807, 2.05) is 38.4 Å². The third kappa shape index (κ3) is 8.29. The number of hydrogen-bond acceptors (Lipinski definition) is 5. The second kappa shape index (κ2) is 12.9. The molecule has 38 heavy (non-hydrogen) atoms. The van der Waals surface area contributed by atoms with E-state index in [0.717, 1.165) is 52.5 Å². The Morgan fingerprint density at radius 3 is 2.18 bits per heavy atom. The molecule has 1 saturated heterocycles. The minimum absolute atomic E-state index is 0.00582. The average Bonchev–Trinajstić information content (AvgIpc) is 3.37. The van der Waals surface area contributed by atoms with Gasteiger partial charge in [-0.25, -0.2) is 9.18 Å². The lowest BCUT2D eigenvalue weighted by Crippen LogP contribution is -2.44. The molecule has 204 valence electrons. The predicted molar refractivity (Wildman–Crippen MR) is 140 cm³/mol. The molecule has 2 aromatic carbocycles. The Morgan fingerprint density at radius 1 is 1.03 bits per heavy atom. The maximum absolute atomic E-state index is 13.9. The number of carbonyl (C=O) groups is 2. The Labute approximate surface area is 222 Å². The molecule has 0 saturated carbocycles. The van der Waals surface area contributed by atoms with E-state index in [1.54, 1.807) is 6.07 Å². The number of rotatable bonds is 6. The fourth-order valence-electron chi connectivity index (χ4n) is 3.90. The molecule has 0 radical (unpaired) electrons. The van der Waals surface area contributed by atoms with E-state index in [1.165, 1.54) is 17.4 Å². The van der Waals surface area contributed by atoms with E-state index in [2.05, 4.69) is 39.4 Å². The highest BCUT2D eigenvalue weighted by molar-refractivity contribution is 7.17. The number of carbonyl (C=O) groups excluding carboxylic acids is 1. The van der Waals surface area contributed by atoms with Crippen molar-refractivity contribution in [1.82, 2.24) is 10.2 Å². The quantitative estimate of drug-likeness (QED) is 0.388. The molecule has 1 amide bonds. The summed E-state index contributed by atoms with van der Waals surface area (Å²) in [5.74, 6) is -2.91. The van der Waals surface area contributed by atoms with Gasteiger partial charge in [0.1, 0.15) is 5.82 Å². The van der Waals surface area contributed by atoms with E-state index in [9.17, 15) is 22.4 Å². The van der Waals surface area contributed by atoms with Crippen molar-refractivity contribution in [2.75, 3.05) is 32.1 Å². The standard InChI is InChI=1S/C25H28FN3OS.C2HF3O2/c1-28(2)21-9-7-18(8-10-21)23-11-12-24(31-23)25(30)27-20-13-15-29(16-14-20)17-19-5-3-4-6-22(19)26;3-2(4,5)1(6)7/h3-12,20H,13-17H2,1-2H3,(H,27,30);(H,6,7). The molecule has 3 aromatic rings. The van der Waals surface area contributed by atoms with Crippen molar-refractivity contribution in [2.45, 2.75) is 31.6 Å². The molecule has 0 unspecified atom stereocenters. The number of benzene rings is 2. The zero-order valence-electron chi connectivity index (χ0n) is 21.0. The molecule has 1 aliphatic rings. The van der Waals surface area contributed by atoms with Crippen LogP contribution in [0, 0.1) is 5.82 Å². The summed E-state index contributed by atoms with van der Waals surface area (Å²) in [4.78, 5) is 27.8. The van der Waals surface area contributed by atoms with Crippen molar-refractivity contribution in [3.8, 4) is 10.4 Å². The van der Waals surface area contributed by atoms with Crippen molar-refractivity contribution < 1.29 is 32.3 Å². The molecule has 4 rings (SSSR count). The first-order chi connectivity index (χ1) is 17.9. The summed E-state index contributed by atoms with van der Waals surface area (Å²) in [7, 11) is 4.04. The Kier molecular flexibility index (Phi) is 9.87. The number of aliphatic carboxylic acids is 1. The lowest BCUT2D eigenvalue weighted by atomic mass is 10.0. The highest BCUT2D eigenvalue weighted by Gasteiger charge is 2.38. The van der Waals surface area contributed by atoms with Crippen LogP contribution in [0.25, 0.3) is 10.4 Å². The molecule has 1 aromatic heterocycles. The van der Waals surface area contributed by atoms with Crippen LogP contribution in [0.4, 0.5) is 23.2 Å². The molecule has 0 aliphatic carbocycles. The average molecular weight is 552 g/mol. The third-order valence-electron chi connectivity index (χ3n) is 6.02. The maximum Gasteiger partial charge on any atom is 0.490 e. The van der Waals surface area contributed by atoms with Gasteiger partial charge in [0, 0.05) is 55.9 Å². The lowest BCUT2D eigenvalue weighted by molar-refractivity contribution is -0.192. The lowest BCUT2D eigenvalue weighted by Gasteiger charge is -2.32. The SMILES string of the molecule is CN(C)c1ccc(-c2ccc(C(=O)NC3CCN(Cc4ccccc4F)CC3)s2)cc1.O=C(O)C(F)(F)F. The van der Waals surface area contributed by atoms with Crippen molar-refractivity contribution in [3.63, 3.8) is 0 Å². The summed E-state index contributed by atoms with van der Waals surface area (Å²) >= 11 is 1.52. The minimum Gasteiger partial charge on any atom is -0.475 e. The molecule has 0 atom stereocenters. The largest absolute Gasteiger partial charge is 0.490 e. The predicted octanol–water partition coefficient (Wildman–Crippen LogP) is 5.65. The van der Waals surface area contributed by atoms with E-state index < -0.39 is 12.1 Å². The Hall–Kier alpha value is -3.44. The first-order valence-corrected chi connectivity index (χ1v) is 12.7. The van der Waals surface area contributed by atoms with Crippen molar-refractivity contribution >= 4 is 28.9 Å². The number of carboxylic acids is 1. The van der Waals surface area contributed by atoms with E-state index in [0.29, 0.717) is 6.54 Å². The summed E-state index contributed by atoms with van der Waals surface area (Å²) in [6, 6.07) is 19.4. The van der Waals surface area contributed by atoms with Gasteiger partial charge in [-0.2, -0.15) is 13.2 Å². The summed E-state index contributed by atoms with van der Waals surface area (Å²) in [5.41, 5.74) is 3.01. The molecule has 2 N–H and O–H groups in total. The van der Waals surface area contributed by atoms with Gasteiger partial charge < -0.3 is 15.3 Å². The van der Waals surface area contributed by atoms with Gasteiger partial charge in [0.25, 0.3) is 5.91 Å². The second-order valence-electron chi connectivity index (χ2n) is 9.02. The number of likely N-dealkylation sites (tertiary alicyclic amines) is 1. The number of carboxylic acid groups (broad SMARTS) is 1. The summed E-state index contributed by atoms with van der Waals surface area (Å²) in [6.45, 7) is 2.33. The van der Waals surface area contributed by atoms with E-state index >= 15 is 0 Å². The number of halogens is 4. The monoisotopic (exact) mass is 551 g/mol. The normalized spacial score (nSPS) is 14.4. The van der Waals surface area contributed by atoms with Crippen molar-refractivity contribution in [2.24, 2.45) is 0 Å². The van der Waals surface area contributed by atoms with Crippen LogP contribution in [0.1, 0.15) is 28.1 Å². The van der Waals surface area contributed by atoms with Crippen molar-refractivity contribution in [3.05, 3.63) is 76.9 Å². The molecular weight excluding hydrogens is 522 g/mol. The van der Waals surface area contributed by atoms with Gasteiger partial charge in [-0.05, 0) is 48.7 Å². The van der Waals surface area contributed by atoms with Gasteiger partial charge in [0.05, 0.1) is 4.88 Å². The topological polar surface area (TPSA) is 72.9 Å². The Morgan fingerprint density at radius 2 is 1.63 bits per heavy atom. The molecular formula is C27H29F4N3O3S. The Bertz CT molecular complexity index is 1220. The van der Waals surface area contributed by atoms with Gasteiger partial charge in [0.2, 0.25) is 0 Å². The maximum atomic E-state index is 13.9. The highest BCUT2D eigenvalue weighted by Crippen LogP contribution is 2.29. The van der Waals surface area contributed by atoms with Crippen LogP contribution in [0.2, 0.25) is 0 Å². The number of amides is 1. The van der Waals surface area contributed by atoms with Gasteiger partial charge in [0.15, 0.2) is 0 Å². The fraction of sp³-hybridized carbons (Fsp3) is 0.333. The van der Waals surface area contributed by atoms with Crippen molar-refractivity contribution in [1.29, 1.82) is 0 Å². The number of piperidine rings is 1. The second-order valence-corrected chi connectivity index (χ2v) is 10.1. The molecule has 1 fully saturated rings. The smallest absolute Gasteiger partial charge is 0.475 e. The Balaban J connectivity index is 0.000000505. The first kappa shape index (κ1) is 29.1. The number of hydrogen-bond donors (Lipinski definition) is 2. The van der Waals surface area contributed by atoms with Crippen LogP contribution in [-0.4, -0.2) is 61.3 Å². The van der Waals surface area contributed by atoms with Crippen LogP contribution in [-0.2, 0) is 11.3 Å². The van der Waals surface area contributed by atoms with Crippen LogP contribution >= 0.6 is 11.3 Å². The number of thiophene rings is 1. The summed E-state index contributed by atoms with van der Waals surface area (Å²) in [5, 5.41) is 10.3.